The first-order valence-electron chi connectivity index (χ1n) is 3.76. The number of aromatic nitrogens is 1. The van der Waals surface area contributed by atoms with Gasteiger partial charge in [0.15, 0.2) is 0 Å². The molecule has 0 spiro atoms. The molecule has 2 nitrogen and oxygen atoms in total. The maximum Gasteiger partial charge on any atom is 0.0361 e. The lowest BCUT2D eigenvalue weighted by molar-refractivity contribution is 0.702. The van der Waals surface area contributed by atoms with E-state index >= 15 is 0 Å². The summed E-state index contributed by atoms with van der Waals surface area (Å²) < 4.78 is 2.11. The molecule has 1 heterocycles. The molecule has 0 aliphatic rings. The maximum atomic E-state index is 3.63. The van der Waals surface area contributed by atoms with E-state index in [1.54, 1.807) is 0 Å². The first-order valence-corrected chi connectivity index (χ1v) is 3.76. The molecule has 60 valence electrons. The van der Waals surface area contributed by atoms with Gasteiger partial charge >= 0.3 is 0 Å². The van der Waals surface area contributed by atoms with Gasteiger partial charge in [0.25, 0.3) is 0 Å². The fraction of sp³-hybridized carbons (Fsp3) is 0.333. The predicted octanol–water partition coefficient (Wildman–Crippen LogP) is 1.30. The summed E-state index contributed by atoms with van der Waals surface area (Å²) in [5, 5.41) is 3.24. The molecule has 0 aromatic carbocycles. The zero-order chi connectivity index (χ0) is 8.10. The molecular weight excluding hydrogens is 136 g/mol. The Morgan fingerprint density at radius 2 is 2.55 bits per heavy atom. The van der Waals surface area contributed by atoms with Crippen LogP contribution >= 0.6 is 0 Å². The normalized spacial score (nSPS) is 9.91. The van der Waals surface area contributed by atoms with Crippen molar-refractivity contribution in [3.8, 4) is 0 Å². The standard InChI is InChI=1S/C9H14N2/c1-3-6-10-8-9-5-4-7-11(9)2/h3-5,7,10H,1,6,8H2,2H3. The van der Waals surface area contributed by atoms with Gasteiger partial charge in [-0.25, -0.2) is 0 Å². The number of hydrogen-bond donors (Lipinski definition) is 1. The second-order valence-electron chi connectivity index (χ2n) is 2.53. The Kier molecular flexibility index (Phi) is 2.93. The molecule has 0 unspecified atom stereocenters. The van der Waals surface area contributed by atoms with Crippen molar-refractivity contribution < 1.29 is 0 Å². The Hall–Kier alpha value is -1.02. The average molecular weight is 150 g/mol. The lowest BCUT2D eigenvalue weighted by Gasteiger charge is -2.02. The highest BCUT2D eigenvalue weighted by molar-refractivity contribution is 5.05. The number of nitrogens with zero attached hydrogens (tertiary/aromatic N) is 1. The van der Waals surface area contributed by atoms with E-state index in [4.69, 9.17) is 0 Å². The third kappa shape index (κ3) is 2.24. The molecule has 0 aliphatic carbocycles. The minimum Gasteiger partial charge on any atom is -0.353 e. The van der Waals surface area contributed by atoms with Crippen molar-refractivity contribution in [1.29, 1.82) is 0 Å². The van der Waals surface area contributed by atoms with Crippen molar-refractivity contribution >= 4 is 0 Å². The van der Waals surface area contributed by atoms with Crippen LogP contribution in [0, 0.1) is 0 Å². The first-order chi connectivity index (χ1) is 5.34. The van der Waals surface area contributed by atoms with E-state index in [9.17, 15) is 0 Å². The van der Waals surface area contributed by atoms with Crippen molar-refractivity contribution in [2.24, 2.45) is 7.05 Å². The number of rotatable bonds is 4. The Morgan fingerprint density at radius 1 is 1.73 bits per heavy atom. The molecule has 1 aromatic rings. The molecule has 11 heavy (non-hydrogen) atoms. The van der Waals surface area contributed by atoms with Crippen LogP contribution in [0.15, 0.2) is 31.0 Å². The van der Waals surface area contributed by atoms with Crippen LogP contribution in [0.25, 0.3) is 0 Å². The topological polar surface area (TPSA) is 17.0 Å². The van der Waals surface area contributed by atoms with E-state index in [0.29, 0.717) is 0 Å². The minimum absolute atomic E-state index is 0.866. The Morgan fingerprint density at radius 3 is 3.09 bits per heavy atom. The number of aryl methyl sites for hydroxylation is 1. The van der Waals surface area contributed by atoms with Crippen molar-refractivity contribution in [3.63, 3.8) is 0 Å². The molecule has 0 bridgehead atoms. The SMILES string of the molecule is C=CCNCc1cccn1C. The lowest BCUT2D eigenvalue weighted by Crippen LogP contribution is -2.14. The largest absolute Gasteiger partial charge is 0.353 e. The molecule has 1 N–H and O–H groups in total. The molecular formula is C9H14N2. The molecule has 0 aliphatic heterocycles. The molecule has 0 saturated heterocycles. The summed E-state index contributed by atoms with van der Waals surface area (Å²) >= 11 is 0. The van der Waals surface area contributed by atoms with Gasteiger partial charge in [-0.05, 0) is 12.1 Å². The predicted molar refractivity (Wildman–Crippen MR) is 47.3 cm³/mol. The zero-order valence-electron chi connectivity index (χ0n) is 6.88. The summed E-state index contributed by atoms with van der Waals surface area (Å²) in [6.07, 6.45) is 3.91. The second-order valence-corrected chi connectivity index (χ2v) is 2.53. The van der Waals surface area contributed by atoms with Crippen LogP contribution in [0.3, 0.4) is 0 Å². The van der Waals surface area contributed by atoms with E-state index in [1.807, 2.05) is 25.4 Å². The molecule has 2 heteroatoms. The van der Waals surface area contributed by atoms with Gasteiger partial charge in [-0.2, -0.15) is 0 Å². The fourth-order valence-corrected chi connectivity index (χ4v) is 0.982. The van der Waals surface area contributed by atoms with Gasteiger partial charge in [-0.15, -0.1) is 6.58 Å². The molecule has 0 atom stereocenters. The van der Waals surface area contributed by atoms with E-state index in [1.165, 1.54) is 5.69 Å². The van der Waals surface area contributed by atoms with Gasteiger partial charge in [0, 0.05) is 32.0 Å². The smallest absolute Gasteiger partial charge is 0.0361 e. The van der Waals surface area contributed by atoms with E-state index in [-0.39, 0.29) is 0 Å². The van der Waals surface area contributed by atoms with Gasteiger partial charge < -0.3 is 9.88 Å². The first kappa shape index (κ1) is 8.08. The fourth-order valence-electron chi connectivity index (χ4n) is 0.982. The van der Waals surface area contributed by atoms with E-state index in [0.717, 1.165) is 13.1 Å². The van der Waals surface area contributed by atoms with Crippen LogP contribution in [0.4, 0.5) is 0 Å². The zero-order valence-corrected chi connectivity index (χ0v) is 6.88. The maximum absolute atomic E-state index is 3.63. The third-order valence-electron chi connectivity index (χ3n) is 1.65. The van der Waals surface area contributed by atoms with Crippen molar-refractivity contribution in [1.82, 2.24) is 9.88 Å². The van der Waals surface area contributed by atoms with Crippen molar-refractivity contribution in [2.45, 2.75) is 6.54 Å². The van der Waals surface area contributed by atoms with Gasteiger partial charge in [-0.3, -0.25) is 0 Å². The summed E-state index contributed by atoms with van der Waals surface area (Å²) in [7, 11) is 2.05. The monoisotopic (exact) mass is 150 g/mol. The number of nitrogens with one attached hydrogen (secondary N) is 1. The second kappa shape index (κ2) is 3.98. The highest BCUT2D eigenvalue weighted by atomic mass is 15.0. The Labute approximate surface area is 67.5 Å². The van der Waals surface area contributed by atoms with Gasteiger partial charge in [-0.1, -0.05) is 6.08 Å². The third-order valence-corrected chi connectivity index (χ3v) is 1.65. The molecule has 0 fully saturated rings. The van der Waals surface area contributed by atoms with Crippen LogP contribution in [-0.4, -0.2) is 11.1 Å². The van der Waals surface area contributed by atoms with Crippen molar-refractivity contribution in [2.75, 3.05) is 6.54 Å². The van der Waals surface area contributed by atoms with Gasteiger partial charge in [0.05, 0.1) is 0 Å². The van der Waals surface area contributed by atoms with Crippen LogP contribution in [0.2, 0.25) is 0 Å². The Bertz CT molecular complexity index is 225. The summed E-state index contributed by atoms with van der Waals surface area (Å²) in [5.41, 5.74) is 1.30. The summed E-state index contributed by atoms with van der Waals surface area (Å²) in [6, 6.07) is 4.15. The average Bonchev–Trinajstić information content (AvgIpc) is 2.37. The highest BCUT2D eigenvalue weighted by Gasteiger charge is 1.93. The molecule has 0 amide bonds. The summed E-state index contributed by atoms with van der Waals surface area (Å²) in [6.45, 7) is 5.41. The lowest BCUT2D eigenvalue weighted by atomic mass is 10.4. The van der Waals surface area contributed by atoms with Crippen molar-refractivity contribution in [3.05, 3.63) is 36.7 Å². The molecule has 1 rings (SSSR count). The minimum atomic E-state index is 0.866. The number of hydrogen-bond acceptors (Lipinski definition) is 1. The van der Waals surface area contributed by atoms with Gasteiger partial charge in [0.2, 0.25) is 0 Å². The quantitative estimate of drug-likeness (QED) is 0.505. The highest BCUT2D eigenvalue weighted by Crippen LogP contribution is 1.97. The molecule has 0 radical (unpaired) electrons. The van der Waals surface area contributed by atoms with E-state index in [2.05, 4.69) is 22.5 Å². The van der Waals surface area contributed by atoms with Crippen LogP contribution in [0.1, 0.15) is 5.69 Å². The molecule has 0 saturated carbocycles. The summed E-state index contributed by atoms with van der Waals surface area (Å²) in [5.74, 6) is 0. The van der Waals surface area contributed by atoms with Crippen LogP contribution in [0.5, 0.6) is 0 Å². The van der Waals surface area contributed by atoms with Crippen LogP contribution in [-0.2, 0) is 13.6 Å². The molecule has 1 aromatic heterocycles. The van der Waals surface area contributed by atoms with Crippen LogP contribution < -0.4 is 5.32 Å². The summed E-state index contributed by atoms with van der Waals surface area (Å²) in [4.78, 5) is 0. The van der Waals surface area contributed by atoms with E-state index < -0.39 is 0 Å². The Balaban J connectivity index is 2.38. The van der Waals surface area contributed by atoms with Gasteiger partial charge in [0.1, 0.15) is 0 Å².